The van der Waals surface area contributed by atoms with Crippen LogP contribution in [0.3, 0.4) is 0 Å². The van der Waals surface area contributed by atoms with Gasteiger partial charge in [0.1, 0.15) is 0 Å². The molecule has 0 spiro atoms. The average Bonchev–Trinajstić information content (AvgIpc) is 3.00. The number of hydrogen-bond acceptors (Lipinski definition) is 5. The van der Waals surface area contributed by atoms with Crippen LogP contribution >= 0.6 is 27.7 Å². The normalized spacial score (nSPS) is 15.3. The highest BCUT2D eigenvalue weighted by Crippen LogP contribution is 2.39. The van der Waals surface area contributed by atoms with Gasteiger partial charge in [0.25, 0.3) is 11.1 Å². The first kappa shape index (κ1) is 20.5. The van der Waals surface area contributed by atoms with Gasteiger partial charge < -0.3 is 9.47 Å². The molecular formula is C23H18BrNO4S. The van der Waals surface area contributed by atoms with Crippen LogP contribution in [0.15, 0.2) is 64.0 Å². The third-order valence-corrected chi connectivity index (χ3v) is 6.28. The number of nitrogens with zero attached hydrogens (tertiary/aromatic N) is 1. The monoisotopic (exact) mass is 483 g/mol. The molecule has 1 aliphatic rings. The third-order valence-electron chi connectivity index (χ3n) is 4.78. The van der Waals surface area contributed by atoms with Crippen molar-refractivity contribution in [2.24, 2.45) is 0 Å². The van der Waals surface area contributed by atoms with E-state index in [1.807, 2.05) is 48.5 Å². The molecule has 1 heterocycles. The Balaban J connectivity index is 1.60. The lowest BCUT2D eigenvalue weighted by atomic mass is 10.1. The predicted molar refractivity (Wildman–Crippen MR) is 123 cm³/mol. The lowest BCUT2D eigenvalue weighted by Gasteiger charge is -2.13. The molecule has 0 saturated carbocycles. The molecule has 5 nitrogen and oxygen atoms in total. The van der Waals surface area contributed by atoms with Gasteiger partial charge in [0, 0.05) is 0 Å². The second kappa shape index (κ2) is 8.53. The van der Waals surface area contributed by atoms with Gasteiger partial charge >= 0.3 is 0 Å². The minimum Gasteiger partial charge on any atom is -0.493 e. The second-order valence-electron chi connectivity index (χ2n) is 6.69. The van der Waals surface area contributed by atoms with Crippen LogP contribution in [0.25, 0.3) is 16.8 Å². The van der Waals surface area contributed by atoms with E-state index in [0.29, 0.717) is 20.9 Å². The number of imide groups is 1. The zero-order valence-electron chi connectivity index (χ0n) is 16.3. The van der Waals surface area contributed by atoms with Crippen molar-refractivity contribution in [3.63, 3.8) is 0 Å². The van der Waals surface area contributed by atoms with Crippen LogP contribution in [0.2, 0.25) is 0 Å². The van der Waals surface area contributed by atoms with Crippen LogP contribution in [0.4, 0.5) is 4.79 Å². The van der Waals surface area contributed by atoms with Crippen LogP contribution in [0.1, 0.15) is 11.1 Å². The fourth-order valence-corrected chi connectivity index (χ4v) is 4.79. The Hall–Kier alpha value is -2.77. The molecule has 3 aromatic carbocycles. The topological polar surface area (TPSA) is 55.8 Å². The lowest BCUT2D eigenvalue weighted by Crippen LogP contribution is -2.27. The van der Waals surface area contributed by atoms with E-state index >= 15 is 0 Å². The molecule has 152 valence electrons. The highest BCUT2D eigenvalue weighted by molar-refractivity contribution is 9.10. The summed E-state index contributed by atoms with van der Waals surface area (Å²) >= 11 is 4.39. The molecule has 1 fully saturated rings. The SMILES string of the molecule is COc1cc(/C=C2\SC(=O)N(Cc3ccc4ccccc4c3)C2=O)cc(Br)c1OC. The Morgan fingerprint density at radius 1 is 1.00 bits per heavy atom. The molecule has 2 amide bonds. The number of methoxy groups -OCH3 is 2. The van der Waals surface area contributed by atoms with Crippen LogP contribution in [0.5, 0.6) is 11.5 Å². The summed E-state index contributed by atoms with van der Waals surface area (Å²) in [5.74, 6) is 0.802. The Bertz CT molecular complexity index is 1190. The predicted octanol–water partition coefficient (Wildman–Crippen LogP) is 5.86. The van der Waals surface area contributed by atoms with E-state index in [9.17, 15) is 9.59 Å². The van der Waals surface area contributed by atoms with Crippen LogP contribution in [-0.2, 0) is 11.3 Å². The van der Waals surface area contributed by atoms with Gasteiger partial charge in [-0.15, -0.1) is 0 Å². The number of amides is 2. The molecule has 1 saturated heterocycles. The smallest absolute Gasteiger partial charge is 0.293 e. The van der Waals surface area contributed by atoms with Crippen molar-refractivity contribution in [2.45, 2.75) is 6.54 Å². The first-order valence-corrected chi connectivity index (χ1v) is 10.8. The van der Waals surface area contributed by atoms with Gasteiger partial charge in [0.2, 0.25) is 0 Å². The van der Waals surface area contributed by atoms with Crippen molar-refractivity contribution in [2.75, 3.05) is 14.2 Å². The Labute approximate surface area is 186 Å². The van der Waals surface area contributed by atoms with E-state index in [1.165, 1.54) is 4.90 Å². The first-order valence-electron chi connectivity index (χ1n) is 9.14. The number of hydrogen-bond donors (Lipinski definition) is 0. The maximum atomic E-state index is 12.9. The zero-order valence-corrected chi connectivity index (χ0v) is 18.7. The molecule has 0 aromatic heterocycles. The largest absolute Gasteiger partial charge is 0.493 e. The number of carbonyl (C=O) groups is 2. The van der Waals surface area contributed by atoms with Crippen LogP contribution in [0, 0.1) is 0 Å². The molecular weight excluding hydrogens is 466 g/mol. The molecule has 1 aliphatic heterocycles. The molecule has 0 unspecified atom stereocenters. The summed E-state index contributed by atoms with van der Waals surface area (Å²) in [5.41, 5.74) is 1.64. The highest BCUT2D eigenvalue weighted by atomic mass is 79.9. The fraction of sp³-hybridized carbons (Fsp3) is 0.130. The van der Waals surface area contributed by atoms with E-state index in [4.69, 9.17) is 9.47 Å². The van der Waals surface area contributed by atoms with Gasteiger partial charge in [-0.3, -0.25) is 14.5 Å². The molecule has 0 bridgehead atoms. The number of ether oxygens (including phenoxy) is 2. The molecule has 0 radical (unpaired) electrons. The maximum Gasteiger partial charge on any atom is 0.293 e. The summed E-state index contributed by atoms with van der Waals surface area (Å²) in [6, 6.07) is 17.5. The van der Waals surface area contributed by atoms with Crippen molar-refractivity contribution >= 4 is 55.7 Å². The van der Waals surface area contributed by atoms with E-state index in [1.54, 1.807) is 26.4 Å². The summed E-state index contributed by atoms with van der Waals surface area (Å²) in [6.07, 6.45) is 1.69. The van der Waals surface area contributed by atoms with Crippen molar-refractivity contribution in [3.8, 4) is 11.5 Å². The van der Waals surface area contributed by atoms with Gasteiger partial charge in [0.05, 0.1) is 30.1 Å². The van der Waals surface area contributed by atoms with Gasteiger partial charge in [-0.25, -0.2) is 0 Å². The number of thioether (sulfide) groups is 1. The van der Waals surface area contributed by atoms with E-state index in [-0.39, 0.29) is 17.7 Å². The van der Waals surface area contributed by atoms with Gasteiger partial charge in [-0.1, -0.05) is 36.4 Å². The molecule has 3 aromatic rings. The standard InChI is InChI=1S/C23H18BrNO4S/c1-28-19-11-15(10-18(24)21(19)29-2)12-20-22(26)25(23(27)30-20)13-14-7-8-16-5-3-4-6-17(16)9-14/h3-12H,13H2,1-2H3/b20-12-. The average molecular weight is 484 g/mol. The first-order chi connectivity index (χ1) is 14.5. The van der Waals surface area contributed by atoms with Crippen molar-refractivity contribution in [1.82, 2.24) is 4.90 Å². The summed E-state index contributed by atoms with van der Waals surface area (Å²) in [5, 5.41) is 1.92. The molecule has 30 heavy (non-hydrogen) atoms. The minimum atomic E-state index is -0.302. The van der Waals surface area contributed by atoms with E-state index < -0.39 is 0 Å². The van der Waals surface area contributed by atoms with Gasteiger partial charge in [-0.2, -0.15) is 0 Å². The summed E-state index contributed by atoms with van der Waals surface area (Å²) < 4.78 is 11.4. The van der Waals surface area contributed by atoms with E-state index in [0.717, 1.165) is 33.7 Å². The summed E-state index contributed by atoms with van der Waals surface area (Å²) in [6.45, 7) is 0.239. The zero-order chi connectivity index (χ0) is 21.3. The number of carbonyl (C=O) groups excluding carboxylic acids is 2. The minimum absolute atomic E-state index is 0.239. The van der Waals surface area contributed by atoms with Crippen LogP contribution < -0.4 is 9.47 Å². The quantitative estimate of drug-likeness (QED) is 0.425. The molecule has 7 heteroatoms. The summed E-state index contributed by atoms with van der Waals surface area (Å²) in [7, 11) is 3.10. The maximum absolute atomic E-state index is 12.9. The summed E-state index contributed by atoms with van der Waals surface area (Å²) in [4.78, 5) is 27.1. The lowest BCUT2D eigenvalue weighted by molar-refractivity contribution is -0.123. The van der Waals surface area contributed by atoms with Crippen molar-refractivity contribution < 1.29 is 19.1 Å². The van der Waals surface area contributed by atoms with Crippen LogP contribution in [-0.4, -0.2) is 30.3 Å². The Morgan fingerprint density at radius 3 is 2.50 bits per heavy atom. The number of halogens is 1. The molecule has 0 N–H and O–H groups in total. The highest BCUT2D eigenvalue weighted by Gasteiger charge is 2.35. The number of fused-ring (bicyclic) bond motifs is 1. The number of rotatable bonds is 5. The Kier molecular flexibility index (Phi) is 5.83. The molecule has 4 rings (SSSR count). The third kappa shape index (κ3) is 3.95. The van der Waals surface area contributed by atoms with Crippen molar-refractivity contribution in [3.05, 3.63) is 75.1 Å². The van der Waals surface area contributed by atoms with Gasteiger partial charge in [0.15, 0.2) is 11.5 Å². The van der Waals surface area contributed by atoms with Gasteiger partial charge in [-0.05, 0) is 73.9 Å². The Morgan fingerprint density at radius 2 is 1.77 bits per heavy atom. The molecule has 0 atom stereocenters. The van der Waals surface area contributed by atoms with Crippen molar-refractivity contribution in [1.29, 1.82) is 0 Å². The van der Waals surface area contributed by atoms with E-state index in [2.05, 4.69) is 15.9 Å². The number of benzene rings is 3. The fourth-order valence-electron chi connectivity index (χ4n) is 3.33. The second-order valence-corrected chi connectivity index (χ2v) is 8.54. The molecule has 0 aliphatic carbocycles.